The molecular formula is C16H15BrN2. The Morgan fingerprint density at radius 2 is 1.95 bits per heavy atom. The van der Waals surface area contributed by atoms with E-state index in [1.54, 1.807) is 0 Å². The minimum absolute atomic E-state index is 0.933. The first-order chi connectivity index (χ1) is 9.20. The van der Waals surface area contributed by atoms with Crippen molar-refractivity contribution in [2.45, 2.75) is 20.3 Å². The lowest BCUT2D eigenvalue weighted by Gasteiger charge is -2.06. The monoisotopic (exact) mass is 314 g/mol. The molecule has 0 N–H and O–H groups in total. The van der Waals surface area contributed by atoms with Gasteiger partial charge in [0.05, 0.1) is 11.4 Å². The molecule has 96 valence electrons. The Hall–Kier alpha value is -1.61. The van der Waals surface area contributed by atoms with E-state index in [0.717, 1.165) is 22.2 Å². The van der Waals surface area contributed by atoms with Gasteiger partial charge in [-0.3, -0.25) is 4.40 Å². The Balaban J connectivity index is 2.36. The normalized spacial score (nSPS) is 11.1. The van der Waals surface area contributed by atoms with Gasteiger partial charge in [-0.2, -0.15) is 0 Å². The van der Waals surface area contributed by atoms with E-state index < -0.39 is 0 Å². The second-order valence-corrected chi connectivity index (χ2v) is 5.51. The summed E-state index contributed by atoms with van der Waals surface area (Å²) in [7, 11) is 0. The lowest BCUT2D eigenvalue weighted by molar-refractivity contribution is 1.07. The first kappa shape index (κ1) is 12.4. The molecule has 0 saturated carbocycles. The standard InChI is InChI=1S/C16H15BrN2/c1-3-14-16(12-7-5-4-6-8-12)19-10-13(17)11(2)9-15(19)18-14/h4-10H,3H2,1-2H3. The van der Waals surface area contributed by atoms with Crippen molar-refractivity contribution in [2.75, 3.05) is 0 Å². The second kappa shape index (κ2) is 4.82. The minimum atomic E-state index is 0.933. The minimum Gasteiger partial charge on any atom is -0.298 e. The van der Waals surface area contributed by atoms with Crippen molar-refractivity contribution in [3.63, 3.8) is 0 Å². The number of fused-ring (bicyclic) bond motifs is 1. The number of hydrogen-bond donors (Lipinski definition) is 0. The first-order valence-electron chi connectivity index (χ1n) is 6.43. The number of hydrogen-bond acceptors (Lipinski definition) is 1. The molecule has 2 heterocycles. The van der Waals surface area contributed by atoms with Gasteiger partial charge in [0.15, 0.2) is 0 Å². The van der Waals surface area contributed by atoms with Crippen molar-refractivity contribution in [3.05, 3.63) is 58.3 Å². The van der Waals surface area contributed by atoms with Gasteiger partial charge in [0.25, 0.3) is 0 Å². The fraction of sp³-hybridized carbons (Fsp3) is 0.188. The van der Waals surface area contributed by atoms with Crippen LogP contribution in [0.15, 0.2) is 47.1 Å². The topological polar surface area (TPSA) is 17.3 Å². The molecule has 0 bridgehead atoms. The third kappa shape index (κ3) is 2.08. The average molecular weight is 315 g/mol. The molecule has 0 amide bonds. The van der Waals surface area contributed by atoms with Gasteiger partial charge >= 0.3 is 0 Å². The third-order valence-corrected chi connectivity index (χ3v) is 4.19. The zero-order chi connectivity index (χ0) is 13.4. The van der Waals surface area contributed by atoms with E-state index in [1.165, 1.54) is 16.8 Å². The largest absolute Gasteiger partial charge is 0.298 e. The highest BCUT2D eigenvalue weighted by Gasteiger charge is 2.13. The Morgan fingerprint density at radius 3 is 2.63 bits per heavy atom. The summed E-state index contributed by atoms with van der Waals surface area (Å²) in [5.74, 6) is 0. The van der Waals surface area contributed by atoms with Crippen LogP contribution >= 0.6 is 15.9 Å². The number of halogens is 1. The SMILES string of the molecule is CCc1nc2cc(C)c(Br)cn2c1-c1ccccc1. The van der Waals surface area contributed by atoms with Gasteiger partial charge in [0.2, 0.25) is 0 Å². The van der Waals surface area contributed by atoms with Gasteiger partial charge in [0.1, 0.15) is 5.65 Å². The number of nitrogens with zero attached hydrogens (tertiary/aromatic N) is 2. The molecule has 19 heavy (non-hydrogen) atoms. The maximum absolute atomic E-state index is 4.75. The predicted molar refractivity (Wildman–Crippen MR) is 82.4 cm³/mol. The lowest BCUT2D eigenvalue weighted by atomic mass is 10.1. The quantitative estimate of drug-likeness (QED) is 0.674. The second-order valence-electron chi connectivity index (χ2n) is 4.66. The van der Waals surface area contributed by atoms with Crippen LogP contribution in [0.4, 0.5) is 0 Å². The van der Waals surface area contributed by atoms with Crippen LogP contribution in [0.2, 0.25) is 0 Å². The fourth-order valence-electron chi connectivity index (χ4n) is 2.36. The van der Waals surface area contributed by atoms with Crippen molar-refractivity contribution in [3.8, 4) is 11.3 Å². The van der Waals surface area contributed by atoms with Crippen LogP contribution in [0.5, 0.6) is 0 Å². The molecule has 3 heteroatoms. The number of benzene rings is 1. The molecule has 2 nitrogen and oxygen atoms in total. The number of aryl methyl sites for hydroxylation is 2. The Kier molecular flexibility index (Phi) is 3.15. The Morgan fingerprint density at radius 1 is 1.21 bits per heavy atom. The molecule has 0 radical (unpaired) electrons. The maximum atomic E-state index is 4.75. The maximum Gasteiger partial charge on any atom is 0.137 e. The van der Waals surface area contributed by atoms with E-state index >= 15 is 0 Å². The van der Waals surface area contributed by atoms with Crippen molar-refractivity contribution in [1.82, 2.24) is 9.38 Å². The van der Waals surface area contributed by atoms with E-state index in [2.05, 4.69) is 70.7 Å². The summed E-state index contributed by atoms with van der Waals surface area (Å²) in [6.45, 7) is 4.24. The predicted octanol–water partition coefficient (Wildman–Crippen LogP) is 4.63. The number of pyridine rings is 1. The summed E-state index contributed by atoms with van der Waals surface area (Å²) in [5.41, 5.74) is 5.77. The summed E-state index contributed by atoms with van der Waals surface area (Å²) in [6.07, 6.45) is 3.04. The summed E-state index contributed by atoms with van der Waals surface area (Å²) < 4.78 is 3.28. The van der Waals surface area contributed by atoms with E-state index in [-0.39, 0.29) is 0 Å². The van der Waals surface area contributed by atoms with Gasteiger partial charge in [-0.1, -0.05) is 37.3 Å². The molecular weight excluding hydrogens is 300 g/mol. The number of aromatic nitrogens is 2. The Labute approximate surface area is 121 Å². The van der Waals surface area contributed by atoms with E-state index in [4.69, 9.17) is 4.98 Å². The molecule has 3 rings (SSSR count). The molecule has 0 atom stereocenters. The van der Waals surface area contributed by atoms with Crippen LogP contribution in [0, 0.1) is 6.92 Å². The zero-order valence-electron chi connectivity index (χ0n) is 11.0. The summed E-state index contributed by atoms with van der Waals surface area (Å²) in [5, 5.41) is 0. The van der Waals surface area contributed by atoms with Crippen molar-refractivity contribution in [2.24, 2.45) is 0 Å². The van der Waals surface area contributed by atoms with Crippen LogP contribution in [-0.2, 0) is 6.42 Å². The zero-order valence-corrected chi connectivity index (χ0v) is 12.6. The summed E-state index contributed by atoms with van der Waals surface area (Å²) >= 11 is 3.61. The smallest absolute Gasteiger partial charge is 0.137 e. The van der Waals surface area contributed by atoms with Crippen molar-refractivity contribution >= 4 is 21.6 Å². The first-order valence-corrected chi connectivity index (χ1v) is 7.22. The lowest BCUT2D eigenvalue weighted by Crippen LogP contribution is -1.92. The van der Waals surface area contributed by atoms with Crippen LogP contribution in [-0.4, -0.2) is 9.38 Å². The highest BCUT2D eigenvalue weighted by Crippen LogP contribution is 2.28. The third-order valence-electron chi connectivity index (χ3n) is 3.36. The molecule has 0 fully saturated rings. The van der Waals surface area contributed by atoms with Crippen LogP contribution in [0.25, 0.3) is 16.9 Å². The van der Waals surface area contributed by atoms with Gasteiger partial charge in [0, 0.05) is 16.2 Å². The van der Waals surface area contributed by atoms with E-state index in [9.17, 15) is 0 Å². The van der Waals surface area contributed by atoms with Crippen molar-refractivity contribution in [1.29, 1.82) is 0 Å². The van der Waals surface area contributed by atoms with E-state index in [0.29, 0.717) is 0 Å². The molecule has 0 aliphatic rings. The Bertz CT molecular complexity index is 729. The van der Waals surface area contributed by atoms with Gasteiger partial charge in [-0.15, -0.1) is 0 Å². The average Bonchev–Trinajstić information content (AvgIpc) is 2.78. The molecule has 2 aromatic heterocycles. The van der Waals surface area contributed by atoms with E-state index in [1.807, 2.05) is 6.07 Å². The highest BCUT2D eigenvalue weighted by molar-refractivity contribution is 9.10. The number of imidazole rings is 1. The molecule has 0 aliphatic carbocycles. The van der Waals surface area contributed by atoms with Gasteiger partial charge in [-0.25, -0.2) is 4.98 Å². The van der Waals surface area contributed by atoms with Gasteiger partial charge < -0.3 is 0 Å². The van der Waals surface area contributed by atoms with Crippen LogP contribution in [0.1, 0.15) is 18.2 Å². The summed E-state index contributed by atoms with van der Waals surface area (Å²) in [6, 6.07) is 12.6. The fourth-order valence-corrected chi connectivity index (χ4v) is 2.68. The highest BCUT2D eigenvalue weighted by atomic mass is 79.9. The molecule has 0 aliphatic heterocycles. The molecule has 1 aromatic carbocycles. The molecule has 0 spiro atoms. The summed E-state index contributed by atoms with van der Waals surface area (Å²) in [4.78, 5) is 4.75. The molecule has 0 unspecified atom stereocenters. The van der Waals surface area contributed by atoms with Crippen LogP contribution in [0.3, 0.4) is 0 Å². The van der Waals surface area contributed by atoms with Crippen LogP contribution < -0.4 is 0 Å². The molecule has 3 aromatic rings. The molecule has 0 saturated heterocycles. The van der Waals surface area contributed by atoms with Crippen molar-refractivity contribution < 1.29 is 0 Å². The van der Waals surface area contributed by atoms with Gasteiger partial charge in [-0.05, 0) is 40.9 Å². The number of rotatable bonds is 2.